The fourth-order valence-electron chi connectivity index (χ4n) is 3.93. The SMILES string of the molecule is c1ccc2c(c1)Cc1cccc(-c3ccc4ccccc4c3)c1C2. The van der Waals surface area contributed by atoms with Crippen LogP contribution in [0.5, 0.6) is 0 Å². The maximum atomic E-state index is 2.32. The number of hydrogen-bond acceptors (Lipinski definition) is 0. The molecule has 24 heavy (non-hydrogen) atoms. The molecule has 1 aliphatic carbocycles. The number of rotatable bonds is 1. The molecule has 114 valence electrons. The van der Waals surface area contributed by atoms with Gasteiger partial charge in [0.15, 0.2) is 0 Å². The summed E-state index contributed by atoms with van der Waals surface area (Å²) in [6.45, 7) is 0. The Morgan fingerprint density at radius 2 is 1.21 bits per heavy atom. The Balaban J connectivity index is 1.67. The predicted octanol–water partition coefficient (Wildman–Crippen LogP) is 6.00. The van der Waals surface area contributed by atoms with E-state index < -0.39 is 0 Å². The van der Waals surface area contributed by atoms with Gasteiger partial charge in [0.25, 0.3) is 0 Å². The summed E-state index contributed by atoms with van der Waals surface area (Å²) in [5.41, 5.74) is 8.61. The van der Waals surface area contributed by atoms with E-state index in [-0.39, 0.29) is 0 Å². The Morgan fingerprint density at radius 3 is 2.08 bits per heavy atom. The minimum Gasteiger partial charge on any atom is -0.0620 e. The third-order valence-electron chi connectivity index (χ3n) is 5.20. The first-order valence-corrected chi connectivity index (χ1v) is 8.55. The maximum absolute atomic E-state index is 2.32. The Kier molecular flexibility index (Phi) is 3.02. The summed E-state index contributed by atoms with van der Waals surface area (Å²) in [5.74, 6) is 0. The van der Waals surface area contributed by atoms with Crippen molar-refractivity contribution in [3.05, 3.63) is 107 Å². The molecule has 4 aromatic rings. The van der Waals surface area contributed by atoms with Crippen LogP contribution in [-0.4, -0.2) is 0 Å². The van der Waals surface area contributed by atoms with Gasteiger partial charge in [0.05, 0.1) is 0 Å². The highest BCUT2D eigenvalue weighted by molar-refractivity contribution is 5.88. The minimum atomic E-state index is 1.04. The summed E-state index contributed by atoms with van der Waals surface area (Å²) in [6, 6.07) is 31.0. The van der Waals surface area contributed by atoms with Crippen LogP contribution in [0.2, 0.25) is 0 Å². The highest BCUT2D eigenvalue weighted by Gasteiger charge is 2.18. The standard InChI is InChI=1S/C24H18/c1-2-7-18-14-22(13-12-17(18)6-1)23-11-5-10-21-15-19-8-3-4-9-20(19)16-24(21)23/h1-14H,15-16H2. The lowest BCUT2D eigenvalue weighted by Gasteiger charge is -2.22. The van der Waals surface area contributed by atoms with E-state index in [1.807, 2.05) is 0 Å². The molecule has 0 radical (unpaired) electrons. The van der Waals surface area contributed by atoms with E-state index in [1.165, 1.54) is 44.2 Å². The van der Waals surface area contributed by atoms with Gasteiger partial charge in [0.1, 0.15) is 0 Å². The number of fused-ring (bicyclic) bond motifs is 3. The van der Waals surface area contributed by atoms with Crippen molar-refractivity contribution in [2.75, 3.05) is 0 Å². The summed E-state index contributed by atoms with van der Waals surface area (Å²) in [4.78, 5) is 0. The molecule has 0 nitrogen and oxygen atoms in total. The van der Waals surface area contributed by atoms with E-state index in [4.69, 9.17) is 0 Å². The molecular formula is C24H18. The van der Waals surface area contributed by atoms with Gasteiger partial charge in [-0.3, -0.25) is 0 Å². The zero-order valence-electron chi connectivity index (χ0n) is 13.5. The van der Waals surface area contributed by atoms with Crippen LogP contribution in [0, 0.1) is 0 Å². The molecule has 0 spiro atoms. The molecule has 0 heterocycles. The summed E-state index contributed by atoms with van der Waals surface area (Å²) in [5, 5.41) is 2.61. The van der Waals surface area contributed by atoms with E-state index in [1.54, 1.807) is 0 Å². The van der Waals surface area contributed by atoms with E-state index >= 15 is 0 Å². The van der Waals surface area contributed by atoms with Crippen molar-refractivity contribution in [1.29, 1.82) is 0 Å². The summed E-state index contributed by atoms with van der Waals surface area (Å²) in [6.07, 6.45) is 2.08. The van der Waals surface area contributed by atoms with Gasteiger partial charge in [0, 0.05) is 0 Å². The minimum absolute atomic E-state index is 1.04. The molecular weight excluding hydrogens is 288 g/mol. The monoisotopic (exact) mass is 306 g/mol. The number of hydrogen-bond donors (Lipinski definition) is 0. The summed E-state index contributed by atoms with van der Waals surface area (Å²) in [7, 11) is 0. The van der Waals surface area contributed by atoms with Gasteiger partial charge in [-0.15, -0.1) is 0 Å². The lowest BCUT2D eigenvalue weighted by atomic mass is 9.82. The summed E-state index contributed by atoms with van der Waals surface area (Å²) >= 11 is 0. The first kappa shape index (κ1) is 13.6. The van der Waals surface area contributed by atoms with E-state index in [0.29, 0.717) is 0 Å². The van der Waals surface area contributed by atoms with Gasteiger partial charge >= 0.3 is 0 Å². The molecule has 0 N–H and O–H groups in total. The molecule has 0 saturated carbocycles. The van der Waals surface area contributed by atoms with Crippen molar-refractivity contribution in [2.24, 2.45) is 0 Å². The molecule has 0 heteroatoms. The topological polar surface area (TPSA) is 0 Å². The van der Waals surface area contributed by atoms with E-state index in [0.717, 1.165) is 12.8 Å². The number of benzene rings is 4. The van der Waals surface area contributed by atoms with E-state index in [2.05, 4.69) is 84.9 Å². The van der Waals surface area contributed by atoms with Crippen LogP contribution >= 0.6 is 0 Å². The van der Waals surface area contributed by atoms with Crippen LogP contribution in [0.1, 0.15) is 22.3 Å². The normalized spacial score (nSPS) is 12.7. The molecule has 0 fully saturated rings. The van der Waals surface area contributed by atoms with Crippen molar-refractivity contribution in [3.63, 3.8) is 0 Å². The fraction of sp³-hybridized carbons (Fsp3) is 0.0833. The molecule has 0 bridgehead atoms. The molecule has 4 aromatic carbocycles. The second-order valence-corrected chi connectivity index (χ2v) is 6.63. The Bertz CT molecular complexity index is 1060. The molecule has 0 unspecified atom stereocenters. The van der Waals surface area contributed by atoms with Crippen molar-refractivity contribution in [1.82, 2.24) is 0 Å². The zero-order valence-corrected chi connectivity index (χ0v) is 13.5. The van der Waals surface area contributed by atoms with Crippen LogP contribution in [-0.2, 0) is 12.8 Å². The van der Waals surface area contributed by atoms with Gasteiger partial charge in [-0.05, 0) is 63.1 Å². The Morgan fingerprint density at radius 1 is 0.500 bits per heavy atom. The first-order chi connectivity index (χ1) is 11.9. The predicted molar refractivity (Wildman–Crippen MR) is 101 cm³/mol. The largest absolute Gasteiger partial charge is 0.0620 e. The van der Waals surface area contributed by atoms with Crippen molar-refractivity contribution in [3.8, 4) is 11.1 Å². The Hall–Kier alpha value is -2.86. The fourth-order valence-corrected chi connectivity index (χ4v) is 3.93. The van der Waals surface area contributed by atoms with Crippen molar-refractivity contribution < 1.29 is 0 Å². The lowest BCUT2D eigenvalue weighted by molar-refractivity contribution is 1.00. The molecule has 0 aliphatic heterocycles. The second kappa shape index (κ2) is 5.35. The molecule has 1 aliphatic rings. The van der Waals surface area contributed by atoms with Gasteiger partial charge in [-0.2, -0.15) is 0 Å². The zero-order chi connectivity index (χ0) is 15.9. The highest BCUT2D eigenvalue weighted by Crippen LogP contribution is 2.35. The average Bonchev–Trinajstić information content (AvgIpc) is 2.65. The van der Waals surface area contributed by atoms with Crippen LogP contribution < -0.4 is 0 Å². The second-order valence-electron chi connectivity index (χ2n) is 6.63. The summed E-state index contributed by atoms with van der Waals surface area (Å²) < 4.78 is 0. The maximum Gasteiger partial charge on any atom is -0.00139 e. The van der Waals surface area contributed by atoms with Gasteiger partial charge in [-0.1, -0.05) is 78.9 Å². The average molecular weight is 306 g/mol. The quantitative estimate of drug-likeness (QED) is 0.356. The van der Waals surface area contributed by atoms with Crippen molar-refractivity contribution >= 4 is 10.8 Å². The van der Waals surface area contributed by atoms with Gasteiger partial charge in [0.2, 0.25) is 0 Å². The molecule has 5 rings (SSSR count). The van der Waals surface area contributed by atoms with Gasteiger partial charge < -0.3 is 0 Å². The van der Waals surface area contributed by atoms with Crippen molar-refractivity contribution in [2.45, 2.75) is 12.8 Å². The third kappa shape index (κ3) is 2.15. The smallest absolute Gasteiger partial charge is 0.00139 e. The third-order valence-corrected chi connectivity index (χ3v) is 5.20. The van der Waals surface area contributed by atoms with Crippen LogP contribution in [0.4, 0.5) is 0 Å². The molecule has 0 aromatic heterocycles. The van der Waals surface area contributed by atoms with E-state index in [9.17, 15) is 0 Å². The first-order valence-electron chi connectivity index (χ1n) is 8.55. The molecule has 0 amide bonds. The molecule has 0 atom stereocenters. The molecule has 0 saturated heterocycles. The van der Waals surface area contributed by atoms with Crippen LogP contribution in [0.15, 0.2) is 84.9 Å². The Labute approximate surface area is 142 Å². The van der Waals surface area contributed by atoms with Crippen LogP contribution in [0.3, 0.4) is 0 Å². The van der Waals surface area contributed by atoms with Crippen LogP contribution in [0.25, 0.3) is 21.9 Å². The lowest BCUT2D eigenvalue weighted by Crippen LogP contribution is -2.08. The highest BCUT2D eigenvalue weighted by atomic mass is 14.2. The van der Waals surface area contributed by atoms with Gasteiger partial charge in [-0.25, -0.2) is 0 Å².